The highest BCUT2D eigenvalue weighted by Crippen LogP contribution is 2.54. The summed E-state index contributed by atoms with van der Waals surface area (Å²) in [6.45, 7) is 4.87. The number of fused-ring (bicyclic) bond motifs is 3. The van der Waals surface area contributed by atoms with E-state index in [1.807, 2.05) is 0 Å². The molecule has 10 heteroatoms. The lowest BCUT2D eigenvalue weighted by Crippen LogP contribution is -2.56. The highest BCUT2D eigenvalue weighted by atomic mass is 16.7. The van der Waals surface area contributed by atoms with Gasteiger partial charge in [-0.05, 0) is 45.8 Å². The van der Waals surface area contributed by atoms with Gasteiger partial charge < -0.3 is 24.2 Å². The van der Waals surface area contributed by atoms with E-state index >= 15 is 0 Å². The molecule has 1 aliphatic heterocycles. The fraction of sp³-hybridized carbons (Fsp3) is 0.480. The number of esters is 1. The smallest absolute Gasteiger partial charge is 0.467 e. The Morgan fingerprint density at radius 3 is 2.54 bits per heavy atom. The van der Waals surface area contributed by atoms with Crippen molar-refractivity contribution in [2.45, 2.75) is 56.6 Å². The van der Waals surface area contributed by atoms with E-state index < -0.39 is 28.7 Å². The number of rotatable bonds is 6. The summed E-state index contributed by atoms with van der Waals surface area (Å²) < 4.78 is 17.8. The van der Waals surface area contributed by atoms with Gasteiger partial charge in [-0.1, -0.05) is 18.2 Å². The zero-order chi connectivity index (χ0) is 25.6. The first-order chi connectivity index (χ1) is 16.5. The molecule has 1 aliphatic carbocycles. The quantitative estimate of drug-likeness (QED) is 0.468. The van der Waals surface area contributed by atoms with E-state index in [1.165, 1.54) is 14.2 Å². The van der Waals surface area contributed by atoms with Crippen LogP contribution in [0.15, 0.2) is 36.1 Å². The van der Waals surface area contributed by atoms with Gasteiger partial charge in [-0.25, -0.2) is 9.59 Å². The molecule has 0 saturated heterocycles. The summed E-state index contributed by atoms with van der Waals surface area (Å²) in [7, 11) is 2.53. The first-order valence-electron chi connectivity index (χ1n) is 11.4. The zero-order valence-corrected chi connectivity index (χ0v) is 20.5. The van der Waals surface area contributed by atoms with Crippen LogP contribution in [0.4, 0.5) is 4.79 Å². The molecule has 1 aromatic carbocycles. The molecule has 2 N–H and O–H groups in total. The minimum atomic E-state index is -1.93. The van der Waals surface area contributed by atoms with Crippen molar-refractivity contribution in [1.82, 2.24) is 10.0 Å². The number of benzene rings is 1. The fourth-order valence-electron chi connectivity index (χ4n) is 5.17. The van der Waals surface area contributed by atoms with Gasteiger partial charge in [0.1, 0.15) is 11.4 Å². The van der Waals surface area contributed by atoms with Gasteiger partial charge in [0.2, 0.25) is 11.4 Å². The molecule has 4 rings (SSSR count). The lowest BCUT2D eigenvalue weighted by atomic mass is 9.65. The molecule has 0 saturated carbocycles. The first kappa shape index (κ1) is 24.9. The largest absolute Gasteiger partial charge is 0.514 e. The van der Waals surface area contributed by atoms with Crippen molar-refractivity contribution in [3.8, 4) is 0 Å². The number of aliphatic hydroxyl groups is 1. The van der Waals surface area contributed by atoms with Gasteiger partial charge in [-0.15, -0.1) is 0 Å². The van der Waals surface area contributed by atoms with Crippen LogP contribution in [0.25, 0.3) is 10.9 Å². The summed E-state index contributed by atoms with van der Waals surface area (Å²) >= 11 is 0. The van der Waals surface area contributed by atoms with Crippen LogP contribution in [0.5, 0.6) is 0 Å². The Bertz CT molecular complexity index is 1220. The number of para-hydroxylation sites is 1. The Morgan fingerprint density at radius 2 is 1.91 bits per heavy atom. The second-order valence-corrected chi connectivity index (χ2v) is 9.72. The second kappa shape index (κ2) is 8.78. The van der Waals surface area contributed by atoms with E-state index in [2.05, 4.69) is 5.48 Å². The molecule has 0 unspecified atom stereocenters. The van der Waals surface area contributed by atoms with Crippen molar-refractivity contribution in [3.63, 3.8) is 0 Å². The molecule has 0 bridgehead atoms. The SMILES string of the molecule is CON[C@]1(C(=O)OC)C(OC(=O)OC(C)(C)C)=C[C@@]2(CCO)CCC(=O)n3c2c1c1ccccc13. The van der Waals surface area contributed by atoms with Crippen molar-refractivity contribution >= 4 is 28.9 Å². The molecular formula is C25H30N2O8. The third kappa shape index (κ3) is 3.81. The number of carbonyl (C=O) groups excluding carboxylic acids is 3. The number of ether oxygens (including phenoxy) is 3. The Morgan fingerprint density at radius 1 is 1.20 bits per heavy atom. The maximum Gasteiger partial charge on any atom is 0.514 e. The Hall–Kier alpha value is -3.21. The second-order valence-electron chi connectivity index (χ2n) is 9.72. The van der Waals surface area contributed by atoms with E-state index in [1.54, 1.807) is 55.7 Å². The van der Waals surface area contributed by atoms with Gasteiger partial charge in [0.25, 0.3) is 0 Å². The van der Waals surface area contributed by atoms with Crippen molar-refractivity contribution in [1.29, 1.82) is 0 Å². The highest BCUT2D eigenvalue weighted by molar-refractivity contribution is 6.03. The van der Waals surface area contributed by atoms with Crippen LogP contribution < -0.4 is 5.48 Å². The lowest BCUT2D eigenvalue weighted by Gasteiger charge is -2.45. The monoisotopic (exact) mass is 486 g/mol. The Kier molecular flexibility index (Phi) is 6.25. The molecule has 0 fully saturated rings. The van der Waals surface area contributed by atoms with Gasteiger partial charge in [0.15, 0.2) is 0 Å². The molecule has 0 radical (unpaired) electrons. The maximum absolute atomic E-state index is 13.5. The van der Waals surface area contributed by atoms with Gasteiger partial charge in [-0.2, -0.15) is 5.48 Å². The standard InChI is InChI=1S/C25H30N2O8/c1-23(2,3)35-22(31)34-17-14-24(12-13-28)11-10-18(29)27-16-9-7-6-8-15(16)19(20(24)27)25(17,26-33-5)21(30)32-4/h6-9,14,26,28H,10-13H2,1-5H3/t24-,25+/m0/s1. The molecule has 1 aromatic heterocycles. The van der Waals surface area contributed by atoms with Crippen LogP contribution in [-0.2, 0) is 34.8 Å². The number of allylic oxidation sites excluding steroid dienone is 1. The van der Waals surface area contributed by atoms with E-state index in [-0.39, 0.29) is 31.1 Å². The fourth-order valence-corrected chi connectivity index (χ4v) is 5.17. The topological polar surface area (TPSA) is 125 Å². The van der Waals surface area contributed by atoms with Gasteiger partial charge in [0, 0.05) is 35.1 Å². The molecule has 2 aliphatic rings. The number of methoxy groups -OCH3 is 1. The van der Waals surface area contributed by atoms with Crippen molar-refractivity contribution in [2.24, 2.45) is 0 Å². The molecule has 35 heavy (non-hydrogen) atoms. The third-order valence-electron chi connectivity index (χ3n) is 6.42. The van der Waals surface area contributed by atoms with Crippen LogP contribution in [-0.4, -0.2) is 54.1 Å². The number of nitrogens with zero attached hydrogens (tertiary/aromatic N) is 1. The summed E-state index contributed by atoms with van der Waals surface area (Å²) in [4.78, 5) is 44.8. The number of hydroxylamine groups is 1. The van der Waals surface area contributed by atoms with Crippen LogP contribution in [0, 0.1) is 0 Å². The predicted molar refractivity (Wildman–Crippen MR) is 124 cm³/mol. The molecule has 0 spiro atoms. The lowest BCUT2D eigenvalue weighted by molar-refractivity contribution is -0.156. The Labute approximate surface area is 202 Å². The van der Waals surface area contributed by atoms with Crippen molar-refractivity contribution in [3.05, 3.63) is 47.4 Å². The minimum absolute atomic E-state index is 0.112. The molecule has 2 aromatic rings. The molecular weight excluding hydrogens is 456 g/mol. The summed E-state index contributed by atoms with van der Waals surface area (Å²) in [6, 6.07) is 7.13. The van der Waals surface area contributed by atoms with Crippen LogP contribution in [0.1, 0.15) is 56.1 Å². The molecule has 10 nitrogen and oxygen atoms in total. The summed E-state index contributed by atoms with van der Waals surface area (Å²) in [5, 5.41) is 10.6. The number of aromatic nitrogens is 1. The highest BCUT2D eigenvalue weighted by Gasteiger charge is 2.59. The van der Waals surface area contributed by atoms with Crippen LogP contribution in [0.2, 0.25) is 0 Å². The third-order valence-corrected chi connectivity index (χ3v) is 6.42. The van der Waals surface area contributed by atoms with Gasteiger partial charge in [-0.3, -0.25) is 9.36 Å². The van der Waals surface area contributed by atoms with Crippen molar-refractivity contribution < 1.29 is 38.5 Å². The minimum Gasteiger partial charge on any atom is -0.467 e. The predicted octanol–water partition coefficient (Wildman–Crippen LogP) is 3.06. The van der Waals surface area contributed by atoms with Crippen LogP contribution >= 0.6 is 0 Å². The molecule has 188 valence electrons. The van der Waals surface area contributed by atoms with Gasteiger partial charge >= 0.3 is 12.1 Å². The number of carbonyl (C=O) groups is 3. The normalized spacial score (nSPS) is 23.5. The number of hydrogen-bond acceptors (Lipinski definition) is 9. The summed E-state index contributed by atoms with van der Waals surface area (Å²) in [5.74, 6) is -1.07. The summed E-state index contributed by atoms with van der Waals surface area (Å²) in [6.07, 6.45) is 1.37. The molecule has 2 atom stereocenters. The average molecular weight is 487 g/mol. The number of nitrogens with one attached hydrogen (secondary N) is 1. The number of hydrogen-bond donors (Lipinski definition) is 2. The van der Waals surface area contributed by atoms with Crippen molar-refractivity contribution in [2.75, 3.05) is 20.8 Å². The van der Waals surface area contributed by atoms with Crippen LogP contribution in [0.3, 0.4) is 0 Å². The number of aliphatic hydroxyl groups excluding tert-OH is 1. The van der Waals surface area contributed by atoms with E-state index in [0.717, 1.165) is 0 Å². The first-order valence-corrected chi connectivity index (χ1v) is 11.4. The van der Waals surface area contributed by atoms with Gasteiger partial charge in [0.05, 0.1) is 19.7 Å². The zero-order valence-electron chi connectivity index (χ0n) is 20.5. The van der Waals surface area contributed by atoms with E-state index in [9.17, 15) is 19.5 Å². The summed E-state index contributed by atoms with van der Waals surface area (Å²) in [5.41, 5.74) is 0.497. The molecule has 2 heterocycles. The maximum atomic E-state index is 13.5. The Balaban J connectivity index is 2.10. The average Bonchev–Trinajstić information content (AvgIpc) is 3.15. The van der Waals surface area contributed by atoms with E-state index in [4.69, 9.17) is 19.0 Å². The van der Waals surface area contributed by atoms with E-state index in [0.29, 0.717) is 28.6 Å². The molecule has 0 amide bonds.